The SMILES string of the molecule is COc1ccc(C(C)=O)c(OCc2ccc(Br)cn2)c1. The number of hydrogen-bond donors (Lipinski definition) is 0. The van der Waals surface area contributed by atoms with Crippen LogP contribution in [0.4, 0.5) is 0 Å². The van der Waals surface area contributed by atoms with Gasteiger partial charge >= 0.3 is 0 Å². The molecule has 1 aromatic heterocycles. The topological polar surface area (TPSA) is 48.4 Å². The van der Waals surface area contributed by atoms with Gasteiger partial charge in [0.05, 0.1) is 18.4 Å². The maximum absolute atomic E-state index is 11.6. The zero-order chi connectivity index (χ0) is 14.5. The average Bonchev–Trinajstić information content (AvgIpc) is 2.46. The van der Waals surface area contributed by atoms with Crippen molar-refractivity contribution in [1.29, 1.82) is 0 Å². The van der Waals surface area contributed by atoms with Gasteiger partial charge in [-0.2, -0.15) is 0 Å². The Morgan fingerprint density at radius 1 is 1.30 bits per heavy atom. The Morgan fingerprint density at radius 2 is 2.10 bits per heavy atom. The number of benzene rings is 1. The van der Waals surface area contributed by atoms with Crippen molar-refractivity contribution in [2.24, 2.45) is 0 Å². The molecule has 0 saturated carbocycles. The van der Waals surface area contributed by atoms with Gasteiger partial charge in [0, 0.05) is 16.7 Å². The van der Waals surface area contributed by atoms with E-state index in [4.69, 9.17) is 9.47 Å². The normalized spacial score (nSPS) is 10.2. The maximum atomic E-state index is 11.6. The molecule has 0 N–H and O–H groups in total. The molecule has 0 saturated heterocycles. The fraction of sp³-hybridized carbons (Fsp3) is 0.200. The van der Waals surface area contributed by atoms with Crippen molar-refractivity contribution in [2.75, 3.05) is 7.11 Å². The molecule has 2 aromatic rings. The van der Waals surface area contributed by atoms with Crippen LogP contribution in [0, 0.1) is 0 Å². The highest BCUT2D eigenvalue weighted by molar-refractivity contribution is 9.10. The summed E-state index contributed by atoms with van der Waals surface area (Å²) in [5.74, 6) is 1.10. The Bertz CT molecular complexity index is 611. The number of carbonyl (C=O) groups is 1. The predicted octanol–water partition coefficient (Wildman–Crippen LogP) is 3.63. The summed E-state index contributed by atoms with van der Waals surface area (Å²) in [7, 11) is 1.57. The van der Waals surface area contributed by atoms with Gasteiger partial charge in [0.15, 0.2) is 5.78 Å². The summed E-state index contributed by atoms with van der Waals surface area (Å²) in [4.78, 5) is 15.8. The number of halogens is 1. The van der Waals surface area contributed by atoms with Gasteiger partial charge in [-0.3, -0.25) is 9.78 Å². The molecule has 4 nitrogen and oxygen atoms in total. The fourth-order valence-corrected chi connectivity index (χ4v) is 1.92. The third-order valence-electron chi connectivity index (χ3n) is 2.73. The number of hydrogen-bond acceptors (Lipinski definition) is 4. The van der Waals surface area contributed by atoms with Crippen LogP contribution >= 0.6 is 15.9 Å². The summed E-state index contributed by atoms with van der Waals surface area (Å²) in [5, 5.41) is 0. The number of nitrogens with zero attached hydrogens (tertiary/aromatic N) is 1. The minimum Gasteiger partial charge on any atom is -0.497 e. The van der Waals surface area contributed by atoms with Gasteiger partial charge in [-0.15, -0.1) is 0 Å². The quantitative estimate of drug-likeness (QED) is 0.783. The van der Waals surface area contributed by atoms with Gasteiger partial charge in [-0.05, 0) is 47.1 Å². The first-order chi connectivity index (χ1) is 9.60. The number of aromatic nitrogens is 1. The summed E-state index contributed by atoms with van der Waals surface area (Å²) in [6, 6.07) is 8.89. The van der Waals surface area contributed by atoms with Crippen LogP contribution in [0.1, 0.15) is 23.0 Å². The molecule has 0 fully saturated rings. The molecule has 0 aliphatic carbocycles. The molecule has 0 aliphatic rings. The number of ether oxygens (including phenoxy) is 2. The van der Waals surface area contributed by atoms with Gasteiger partial charge in [0.2, 0.25) is 0 Å². The molecule has 5 heteroatoms. The molecule has 20 heavy (non-hydrogen) atoms. The lowest BCUT2D eigenvalue weighted by atomic mass is 10.1. The molecular weight excluding hydrogens is 322 g/mol. The lowest BCUT2D eigenvalue weighted by Gasteiger charge is -2.11. The molecule has 0 radical (unpaired) electrons. The number of Topliss-reactive ketones (excluding diaryl/α,β-unsaturated/α-hetero) is 1. The fourth-order valence-electron chi connectivity index (χ4n) is 1.68. The molecule has 2 rings (SSSR count). The Hall–Kier alpha value is -1.88. The minimum atomic E-state index is -0.0496. The summed E-state index contributed by atoms with van der Waals surface area (Å²) in [6.45, 7) is 1.80. The maximum Gasteiger partial charge on any atom is 0.163 e. The number of rotatable bonds is 5. The van der Waals surface area contributed by atoms with E-state index >= 15 is 0 Å². The largest absolute Gasteiger partial charge is 0.497 e. The van der Waals surface area contributed by atoms with Gasteiger partial charge in [0.25, 0.3) is 0 Å². The molecule has 1 heterocycles. The highest BCUT2D eigenvalue weighted by Crippen LogP contribution is 2.26. The van der Waals surface area contributed by atoms with E-state index in [1.807, 2.05) is 12.1 Å². The van der Waals surface area contributed by atoms with Crippen LogP contribution in [0.5, 0.6) is 11.5 Å². The Morgan fingerprint density at radius 3 is 2.70 bits per heavy atom. The minimum absolute atomic E-state index is 0.0496. The Labute approximate surface area is 125 Å². The number of methoxy groups -OCH3 is 1. The van der Waals surface area contributed by atoms with Crippen molar-refractivity contribution < 1.29 is 14.3 Å². The van der Waals surface area contributed by atoms with E-state index in [9.17, 15) is 4.79 Å². The smallest absolute Gasteiger partial charge is 0.163 e. The molecule has 0 bridgehead atoms. The zero-order valence-electron chi connectivity index (χ0n) is 11.2. The molecule has 0 amide bonds. The first-order valence-electron chi connectivity index (χ1n) is 6.02. The van der Waals surface area contributed by atoms with Crippen LogP contribution in [0.15, 0.2) is 41.0 Å². The van der Waals surface area contributed by atoms with Gasteiger partial charge < -0.3 is 9.47 Å². The number of ketones is 1. The average molecular weight is 336 g/mol. The van der Waals surface area contributed by atoms with Crippen LogP contribution in [0.3, 0.4) is 0 Å². The Kier molecular flexibility index (Phi) is 4.74. The lowest BCUT2D eigenvalue weighted by Crippen LogP contribution is -2.03. The molecule has 0 unspecified atom stereocenters. The third kappa shape index (κ3) is 3.57. The van der Waals surface area contributed by atoms with E-state index in [1.54, 1.807) is 31.5 Å². The van der Waals surface area contributed by atoms with Crippen molar-refractivity contribution in [3.8, 4) is 11.5 Å². The highest BCUT2D eigenvalue weighted by atomic mass is 79.9. The number of carbonyl (C=O) groups excluding carboxylic acids is 1. The van der Waals surface area contributed by atoms with Crippen LogP contribution < -0.4 is 9.47 Å². The first kappa shape index (κ1) is 14.5. The van der Waals surface area contributed by atoms with E-state index in [2.05, 4.69) is 20.9 Å². The predicted molar refractivity (Wildman–Crippen MR) is 79.3 cm³/mol. The molecule has 104 valence electrons. The van der Waals surface area contributed by atoms with Gasteiger partial charge in [0.1, 0.15) is 18.1 Å². The first-order valence-corrected chi connectivity index (χ1v) is 6.81. The van der Waals surface area contributed by atoms with E-state index in [-0.39, 0.29) is 5.78 Å². The van der Waals surface area contributed by atoms with Crippen molar-refractivity contribution in [1.82, 2.24) is 4.98 Å². The van der Waals surface area contributed by atoms with Crippen LogP contribution in [-0.2, 0) is 6.61 Å². The standard InChI is InChI=1S/C15H14BrNO3/c1-10(18)14-6-5-13(19-2)7-15(14)20-9-12-4-3-11(16)8-17-12/h3-8H,9H2,1-2H3. The van der Waals surface area contributed by atoms with Gasteiger partial charge in [-0.1, -0.05) is 0 Å². The van der Waals surface area contributed by atoms with E-state index in [1.165, 1.54) is 6.92 Å². The summed E-state index contributed by atoms with van der Waals surface area (Å²) >= 11 is 3.33. The summed E-state index contributed by atoms with van der Waals surface area (Å²) in [5.41, 5.74) is 1.31. The summed E-state index contributed by atoms with van der Waals surface area (Å²) in [6.07, 6.45) is 1.70. The Balaban J connectivity index is 2.18. The molecule has 0 atom stereocenters. The van der Waals surface area contributed by atoms with E-state index < -0.39 is 0 Å². The summed E-state index contributed by atoms with van der Waals surface area (Å²) < 4.78 is 11.7. The molecule has 1 aromatic carbocycles. The highest BCUT2D eigenvalue weighted by Gasteiger charge is 2.10. The van der Waals surface area contributed by atoms with Crippen molar-refractivity contribution >= 4 is 21.7 Å². The molecular formula is C15H14BrNO3. The van der Waals surface area contributed by atoms with Crippen LogP contribution in [-0.4, -0.2) is 17.9 Å². The van der Waals surface area contributed by atoms with Crippen molar-refractivity contribution in [2.45, 2.75) is 13.5 Å². The third-order valence-corrected chi connectivity index (χ3v) is 3.20. The second kappa shape index (κ2) is 6.52. The second-order valence-corrected chi connectivity index (χ2v) is 5.09. The van der Waals surface area contributed by atoms with Crippen LogP contribution in [0.25, 0.3) is 0 Å². The van der Waals surface area contributed by atoms with Crippen molar-refractivity contribution in [3.63, 3.8) is 0 Å². The monoisotopic (exact) mass is 335 g/mol. The number of pyridine rings is 1. The molecule has 0 aliphatic heterocycles. The lowest BCUT2D eigenvalue weighted by molar-refractivity contribution is 0.101. The van der Waals surface area contributed by atoms with Gasteiger partial charge in [-0.25, -0.2) is 0 Å². The van der Waals surface area contributed by atoms with Crippen LogP contribution in [0.2, 0.25) is 0 Å². The van der Waals surface area contributed by atoms with E-state index in [0.29, 0.717) is 23.7 Å². The second-order valence-electron chi connectivity index (χ2n) is 4.17. The van der Waals surface area contributed by atoms with E-state index in [0.717, 1.165) is 10.2 Å². The zero-order valence-corrected chi connectivity index (χ0v) is 12.8. The molecule has 0 spiro atoms. The van der Waals surface area contributed by atoms with Crippen molar-refractivity contribution in [3.05, 3.63) is 52.3 Å².